The lowest BCUT2D eigenvalue weighted by Gasteiger charge is -2.17. The Labute approximate surface area is 108 Å². The number of hydrogen-bond donors (Lipinski definition) is 0. The van der Waals surface area contributed by atoms with Gasteiger partial charge in [0.05, 0.1) is 18.1 Å². The molecule has 0 amide bonds. The summed E-state index contributed by atoms with van der Waals surface area (Å²) in [5.74, 6) is 0.384. The molecule has 0 N–H and O–H groups in total. The van der Waals surface area contributed by atoms with Crippen molar-refractivity contribution in [3.63, 3.8) is 0 Å². The smallest absolute Gasteiger partial charge is 0.186 e. The summed E-state index contributed by atoms with van der Waals surface area (Å²) in [4.78, 5) is 12.6. The summed E-state index contributed by atoms with van der Waals surface area (Å²) >= 11 is 0. The lowest BCUT2D eigenvalue weighted by molar-refractivity contribution is 0.0488. The Morgan fingerprint density at radius 1 is 1.39 bits per heavy atom. The maximum atomic E-state index is 12.6. The summed E-state index contributed by atoms with van der Waals surface area (Å²) in [5, 5.41) is 4.22. The Hall–Kier alpha value is -1.16. The molecule has 4 atom stereocenters. The zero-order valence-electron chi connectivity index (χ0n) is 11.6. The fourth-order valence-corrected chi connectivity index (χ4v) is 2.82. The predicted molar refractivity (Wildman–Crippen MR) is 69.5 cm³/mol. The number of ether oxygens (including phenoxy) is 1. The number of carbonyl (C=O) groups excluding carboxylic acids is 1. The molecule has 0 spiro atoms. The average molecular weight is 250 g/mol. The van der Waals surface area contributed by atoms with Gasteiger partial charge in [0.15, 0.2) is 5.78 Å². The number of nitrogens with zero attached hydrogens (tertiary/aromatic N) is 2. The molecule has 0 bridgehead atoms. The van der Waals surface area contributed by atoms with Gasteiger partial charge in [-0.3, -0.25) is 9.48 Å². The Balaban J connectivity index is 2.23. The highest BCUT2D eigenvalue weighted by molar-refractivity contribution is 5.97. The van der Waals surface area contributed by atoms with Crippen LogP contribution in [-0.2, 0) is 11.3 Å². The summed E-state index contributed by atoms with van der Waals surface area (Å²) in [7, 11) is 0. The van der Waals surface area contributed by atoms with Gasteiger partial charge in [0.1, 0.15) is 5.69 Å². The molecule has 1 aromatic heterocycles. The molecule has 0 aliphatic carbocycles. The molecule has 1 aliphatic heterocycles. The molecule has 1 aromatic rings. The highest BCUT2D eigenvalue weighted by Crippen LogP contribution is 2.34. The third-order valence-corrected chi connectivity index (χ3v) is 3.95. The lowest BCUT2D eigenvalue weighted by Crippen LogP contribution is -2.28. The van der Waals surface area contributed by atoms with E-state index in [1.54, 1.807) is 6.20 Å². The highest BCUT2D eigenvalue weighted by atomic mass is 16.5. The van der Waals surface area contributed by atoms with Crippen LogP contribution in [0.3, 0.4) is 0 Å². The van der Waals surface area contributed by atoms with Crippen LogP contribution >= 0.6 is 0 Å². The molecule has 0 aromatic carbocycles. The molecule has 4 nitrogen and oxygen atoms in total. The quantitative estimate of drug-likeness (QED) is 0.771. The Morgan fingerprint density at radius 3 is 2.67 bits per heavy atom. The minimum Gasteiger partial charge on any atom is -0.374 e. The van der Waals surface area contributed by atoms with Crippen molar-refractivity contribution < 1.29 is 9.53 Å². The molecule has 2 heterocycles. The van der Waals surface area contributed by atoms with Crippen molar-refractivity contribution in [2.24, 2.45) is 11.8 Å². The summed E-state index contributed by atoms with van der Waals surface area (Å²) in [6, 6.07) is 1.82. The molecule has 100 valence electrons. The molecule has 1 fully saturated rings. The predicted octanol–water partition coefficient (Wildman–Crippen LogP) is 2.54. The van der Waals surface area contributed by atoms with Gasteiger partial charge in [-0.15, -0.1) is 0 Å². The van der Waals surface area contributed by atoms with Crippen LogP contribution in [0.5, 0.6) is 0 Å². The van der Waals surface area contributed by atoms with E-state index in [-0.39, 0.29) is 29.8 Å². The molecule has 1 aliphatic rings. The standard InChI is InChI=1S/C14H22N2O2/c1-5-8-16-12(6-7-15-16)14(17)13-9(2)10(3)18-11(13)4/h6-7,9-11,13H,5,8H2,1-4H3. The van der Waals surface area contributed by atoms with Gasteiger partial charge in [0, 0.05) is 12.7 Å². The number of rotatable bonds is 4. The van der Waals surface area contributed by atoms with Crippen molar-refractivity contribution in [1.82, 2.24) is 9.78 Å². The molecule has 18 heavy (non-hydrogen) atoms. The highest BCUT2D eigenvalue weighted by Gasteiger charge is 2.42. The van der Waals surface area contributed by atoms with E-state index >= 15 is 0 Å². The first kappa shape index (κ1) is 13.3. The van der Waals surface area contributed by atoms with E-state index in [1.807, 2.05) is 24.6 Å². The summed E-state index contributed by atoms with van der Waals surface area (Å²) in [6.07, 6.45) is 2.83. The summed E-state index contributed by atoms with van der Waals surface area (Å²) < 4.78 is 7.56. The van der Waals surface area contributed by atoms with E-state index in [9.17, 15) is 4.79 Å². The van der Waals surface area contributed by atoms with Crippen molar-refractivity contribution >= 4 is 5.78 Å². The van der Waals surface area contributed by atoms with Crippen LogP contribution in [-0.4, -0.2) is 27.8 Å². The van der Waals surface area contributed by atoms with Crippen LogP contribution in [0, 0.1) is 11.8 Å². The van der Waals surface area contributed by atoms with Crippen molar-refractivity contribution in [1.29, 1.82) is 0 Å². The normalized spacial score (nSPS) is 31.8. The number of ketones is 1. The first-order chi connectivity index (χ1) is 8.56. The van der Waals surface area contributed by atoms with Crippen molar-refractivity contribution in [2.75, 3.05) is 0 Å². The average Bonchev–Trinajstić information content (AvgIpc) is 2.86. The molecule has 0 radical (unpaired) electrons. The number of carbonyl (C=O) groups is 1. The SMILES string of the molecule is CCCn1nccc1C(=O)C1C(C)OC(C)C1C. The van der Waals surface area contributed by atoms with Crippen molar-refractivity contribution in [3.8, 4) is 0 Å². The largest absolute Gasteiger partial charge is 0.374 e. The first-order valence-corrected chi connectivity index (χ1v) is 6.77. The van der Waals surface area contributed by atoms with E-state index < -0.39 is 0 Å². The minimum atomic E-state index is -0.0488. The number of Topliss-reactive ketones (excluding diaryl/α,β-unsaturated/α-hetero) is 1. The van der Waals surface area contributed by atoms with Gasteiger partial charge in [-0.1, -0.05) is 13.8 Å². The molecule has 0 saturated carbocycles. The van der Waals surface area contributed by atoms with Gasteiger partial charge in [0.2, 0.25) is 0 Å². The van der Waals surface area contributed by atoms with Crippen LogP contribution < -0.4 is 0 Å². The molecule has 4 unspecified atom stereocenters. The van der Waals surface area contributed by atoms with E-state index in [1.165, 1.54) is 0 Å². The van der Waals surface area contributed by atoms with Crippen LogP contribution in [0.2, 0.25) is 0 Å². The molecule has 2 rings (SSSR count). The molecular weight excluding hydrogens is 228 g/mol. The van der Waals surface area contributed by atoms with Gasteiger partial charge < -0.3 is 4.74 Å². The maximum Gasteiger partial charge on any atom is 0.186 e. The Kier molecular flexibility index (Phi) is 3.85. The van der Waals surface area contributed by atoms with E-state index in [0.717, 1.165) is 18.7 Å². The summed E-state index contributed by atoms with van der Waals surface area (Å²) in [5.41, 5.74) is 0.721. The molecule has 1 saturated heterocycles. The number of aryl methyl sites for hydroxylation is 1. The minimum absolute atomic E-state index is 0.00697. The Morgan fingerprint density at radius 2 is 2.11 bits per heavy atom. The Bertz CT molecular complexity index is 427. The van der Waals surface area contributed by atoms with Gasteiger partial charge in [-0.2, -0.15) is 5.10 Å². The lowest BCUT2D eigenvalue weighted by atomic mass is 9.85. The zero-order valence-corrected chi connectivity index (χ0v) is 11.6. The fraction of sp³-hybridized carbons (Fsp3) is 0.714. The van der Waals surface area contributed by atoms with Crippen LogP contribution in [0.25, 0.3) is 0 Å². The van der Waals surface area contributed by atoms with E-state index in [0.29, 0.717) is 0 Å². The van der Waals surface area contributed by atoms with Gasteiger partial charge in [-0.25, -0.2) is 0 Å². The molecular formula is C14H22N2O2. The van der Waals surface area contributed by atoms with Crippen LogP contribution in [0.4, 0.5) is 0 Å². The number of hydrogen-bond acceptors (Lipinski definition) is 3. The van der Waals surface area contributed by atoms with E-state index in [2.05, 4.69) is 18.9 Å². The van der Waals surface area contributed by atoms with Gasteiger partial charge in [-0.05, 0) is 32.3 Å². The summed E-state index contributed by atoms with van der Waals surface area (Å²) in [6.45, 7) is 9.00. The monoisotopic (exact) mass is 250 g/mol. The van der Waals surface area contributed by atoms with Gasteiger partial charge >= 0.3 is 0 Å². The third-order valence-electron chi connectivity index (χ3n) is 3.95. The first-order valence-electron chi connectivity index (χ1n) is 6.77. The fourth-order valence-electron chi connectivity index (χ4n) is 2.82. The zero-order chi connectivity index (χ0) is 13.3. The van der Waals surface area contributed by atoms with Crippen LogP contribution in [0.15, 0.2) is 12.3 Å². The van der Waals surface area contributed by atoms with Crippen LogP contribution in [0.1, 0.15) is 44.6 Å². The van der Waals surface area contributed by atoms with Crippen molar-refractivity contribution in [3.05, 3.63) is 18.0 Å². The second-order valence-electron chi connectivity index (χ2n) is 5.24. The topological polar surface area (TPSA) is 44.1 Å². The second kappa shape index (κ2) is 5.22. The van der Waals surface area contributed by atoms with Gasteiger partial charge in [0.25, 0.3) is 0 Å². The van der Waals surface area contributed by atoms with E-state index in [4.69, 9.17) is 4.74 Å². The third kappa shape index (κ3) is 2.21. The second-order valence-corrected chi connectivity index (χ2v) is 5.24. The number of aromatic nitrogens is 2. The van der Waals surface area contributed by atoms with Crippen molar-refractivity contribution in [2.45, 2.75) is 52.9 Å². The maximum absolute atomic E-state index is 12.6. The molecule has 4 heteroatoms.